The lowest BCUT2D eigenvalue weighted by Gasteiger charge is -2.32. The Balaban J connectivity index is 3.11. The van der Waals surface area contributed by atoms with E-state index in [4.69, 9.17) is 11.6 Å². The number of amides is 1. The number of carbonyl (C=O) groups excluding carboxylic acids is 1. The van der Waals surface area contributed by atoms with Crippen LogP contribution in [-0.2, 0) is 5.41 Å². The molecule has 1 aromatic heterocycles. The van der Waals surface area contributed by atoms with Crippen LogP contribution in [-0.4, -0.2) is 16.4 Å². The van der Waals surface area contributed by atoms with Crippen LogP contribution in [0.1, 0.15) is 76.9 Å². The molecule has 0 aliphatic heterocycles. The van der Waals surface area contributed by atoms with Crippen molar-refractivity contribution in [2.24, 2.45) is 0 Å². The monoisotopic (exact) mass is 310 g/mol. The number of carbonyl (C=O) groups is 1. The predicted molar refractivity (Wildman–Crippen MR) is 89.0 cm³/mol. The Morgan fingerprint density at radius 1 is 1.14 bits per heavy atom. The van der Waals surface area contributed by atoms with E-state index in [1.807, 2.05) is 6.07 Å². The van der Waals surface area contributed by atoms with Gasteiger partial charge in [0.05, 0.1) is 0 Å². The number of aromatic nitrogens is 1. The number of rotatable bonds is 5. The smallest absolute Gasteiger partial charge is 0.251 e. The third-order valence-corrected chi connectivity index (χ3v) is 4.43. The molecule has 0 aliphatic rings. The molecule has 21 heavy (non-hydrogen) atoms. The second-order valence-corrected chi connectivity index (χ2v) is 7.00. The largest absolute Gasteiger partial charge is 0.347 e. The van der Waals surface area contributed by atoms with Gasteiger partial charge in [0.15, 0.2) is 0 Å². The topological polar surface area (TPSA) is 42.0 Å². The van der Waals surface area contributed by atoms with Crippen LogP contribution in [0.15, 0.2) is 12.1 Å². The van der Waals surface area contributed by atoms with E-state index >= 15 is 0 Å². The van der Waals surface area contributed by atoms with Crippen molar-refractivity contribution in [3.8, 4) is 0 Å². The van der Waals surface area contributed by atoms with E-state index in [1.165, 1.54) is 0 Å². The maximum Gasteiger partial charge on any atom is 0.251 e. The highest BCUT2D eigenvalue weighted by atomic mass is 35.5. The highest BCUT2D eigenvalue weighted by Crippen LogP contribution is 2.25. The molecule has 1 heterocycles. The number of hydrogen-bond donors (Lipinski definition) is 1. The first-order valence-electron chi connectivity index (χ1n) is 7.68. The minimum Gasteiger partial charge on any atom is -0.347 e. The summed E-state index contributed by atoms with van der Waals surface area (Å²) in [5.74, 6) is -0.0737. The summed E-state index contributed by atoms with van der Waals surface area (Å²) in [7, 11) is 0. The van der Waals surface area contributed by atoms with Crippen LogP contribution < -0.4 is 5.32 Å². The Morgan fingerprint density at radius 3 is 2.10 bits per heavy atom. The minimum atomic E-state index is -0.144. The molecule has 0 unspecified atom stereocenters. The number of hydrogen-bond acceptors (Lipinski definition) is 2. The van der Waals surface area contributed by atoms with Crippen LogP contribution in [0.3, 0.4) is 0 Å². The minimum absolute atomic E-state index is 0.0737. The van der Waals surface area contributed by atoms with Gasteiger partial charge in [0.2, 0.25) is 0 Å². The molecule has 0 saturated heterocycles. The maximum atomic E-state index is 12.6. The highest BCUT2D eigenvalue weighted by Gasteiger charge is 2.27. The molecule has 1 N–H and O–H groups in total. The summed E-state index contributed by atoms with van der Waals surface area (Å²) in [4.78, 5) is 16.9. The molecule has 0 spiro atoms. The zero-order chi connectivity index (χ0) is 16.3. The average Bonchev–Trinajstić information content (AvgIpc) is 2.43. The Morgan fingerprint density at radius 2 is 1.67 bits per heavy atom. The molecule has 1 aromatic rings. The van der Waals surface area contributed by atoms with Gasteiger partial charge in [-0.2, -0.15) is 0 Å². The van der Waals surface area contributed by atoms with Crippen LogP contribution in [0.25, 0.3) is 0 Å². The summed E-state index contributed by atoms with van der Waals surface area (Å²) in [6.45, 7) is 12.5. The van der Waals surface area contributed by atoms with Crippen LogP contribution in [0.2, 0.25) is 5.15 Å². The predicted octanol–water partition coefficient (Wildman–Crippen LogP) is 4.73. The maximum absolute atomic E-state index is 12.6. The lowest BCUT2D eigenvalue weighted by atomic mass is 9.88. The SMILES string of the molecule is CCC(CC)(CC)NC(=O)c1cc(Cl)nc(C(C)(C)C)c1. The summed E-state index contributed by atoms with van der Waals surface area (Å²) in [6.07, 6.45) is 2.74. The van der Waals surface area contributed by atoms with Gasteiger partial charge in [-0.05, 0) is 31.4 Å². The quantitative estimate of drug-likeness (QED) is 0.799. The van der Waals surface area contributed by atoms with Gasteiger partial charge in [-0.25, -0.2) is 4.98 Å². The third-order valence-electron chi connectivity index (χ3n) is 4.23. The van der Waals surface area contributed by atoms with Crippen molar-refractivity contribution in [1.29, 1.82) is 0 Å². The summed E-state index contributed by atoms with van der Waals surface area (Å²) in [5, 5.41) is 3.54. The van der Waals surface area contributed by atoms with Crippen LogP contribution in [0.4, 0.5) is 0 Å². The molecule has 0 saturated carbocycles. The van der Waals surface area contributed by atoms with Crippen molar-refractivity contribution >= 4 is 17.5 Å². The molecule has 0 bridgehead atoms. The molecule has 3 nitrogen and oxygen atoms in total. The lowest BCUT2D eigenvalue weighted by Crippen LogP contribution is -2.47. The molecule has 0 atom stereocenters. The molecule has 1 amide bonds. The van der Waals surface area contributed by atoms with E-state index in [-0.39, 0.29) is 16.9 Å². The first-order chi connectivity index (χ1) is 9.67. The Labute approximate surface area is 133 Å². The van der Waals surface area contributed by atoms with Crippen LogP contribution in [0, 0.1) is 0 Å². The van der Waals surface area contributed by atoms with E-state index < -0.39 is 0 Å². The van der Waals surface area contributed by atoms with E-state index in [9.17, 15) is 4.79 Å². The summed E-state index contributed by atoms with van der Waals surface area (Å²) < 4.78 is 0. The molecule has 0 aliphatic carbocycles. The van der Waals surface area contributed by atoms with Crippen LogP contribution >= 0.6 is 11.6 Å². The van der Waals surface area contributed by atoms with E-state index in [0.717, 1.165) is 25.0 Å². The summed E-state index contributed by atoms with van der Waals surface area (Å²) in [5.41, 5.74) is 1.13. The van der Waals surface area contributed by atoms with Gasteiger partial charge in [-0.3, -0.25) is 4.79 Å². The van der Waals surface area contributed by atoms with Gasteiger partial charge < -0.3 is 5.32 Å². The van der Waals surface area contributed by atoms with Crippen molar-refractivity contribution in [2.75, 3.05) is 0 Å². The van der Waals surface area contributed by atoms with Crippen LogP contribution in [0.5, 0.6) is 0 Å². The fourth-order valence-corrected chi connectivity index (χ4v) is 2.55. The van der Waals surface area contributed by atoms with E-state index in [0.29, 0.717) is 10.7 Å². The van der Waals surface area contributed by atoms with Crippen molar-refractivity contribution in [3.63, 3.8) is 0 Å². The molecular weight excluding hydrogens is 284 g/mol. The van der Waals surface area contributed by atoms with Crippen molar-refractivity contribution in [2.45, 2.75) is 71.8 Å². The van der Waals surface area contributed by atoms with Gasteiger partial charge >= 0.3 is 0 Å². The van der Waals surface area contributed by atoms with Crippen molar-refractivity contribution in [1.82, 2.24) is 10.3 Å². The van der Waals surface area contributed by atoms with Crippen molar-refractivity contribution < 1.29 is 4.79 Å². The second-order valence-electron chi connectivity index (χ2n) is 6.61. The first kappa shape index (κ1) is 18.0. The Kier molecular flexibility index (Phi) is 5.80. The fourth-order valence-electron chi connectivity index (χ4n) is 2.34. The van der Waals surface area contributed by atoms with Crippen molar-refractivity contribution in [3.05, 3.63) is 28.5 Å². The summed E-state index contributed by atoms with van der Waals surface area (Å²) >= 11 is 6.08. The molecule has 0 aromatic carbocycles. The molecule has 1 rings (SSSR count). The zero-order valence-electron chi connectivity index (χ0n) is 14.0. The third kappa shape index (κ3) is 4.44. The molecule has 4 heteroatoms. The number of nitrogens with zero attached hydrogens (tertiary/aromatic N) is 1. The van der Waals surface area contributed by atoms with Gasteiger partial charge in [-0.15, -0.1) is 0 Å². The first-order valence-corrected chi connectivity index (χ1v) is 8.05. The molecule has 0 radical (unpaired) electrons. The van der Waals surface area contributed by atoms with E-state index in [2.05, 4.69) is 51.8 Å². The fraction of sp³-hybridized carbons (Fsp3) is 0.647. The summed E-state index contributed by atoms with van der Waals surface area (Å²) in [6, 6.07) is 3.48. The van der Waals surface area contributed by atoms with E-state index in [1.54, 1.807) is 6.07 Å². The molecule has 0 fully saturated rings. The zero-order valence-corrected chi connectivity index (χ0v) is 14.8. The number of pyridine rings is 1. The Hall–Kier alpha value is -1.09. The normalized spacial score (nSPS) is 12.3. The van der Waals surface area contributed by atoms with Gasteiger partial charge in [0.25, 0.3) is 5.91 Å². The lowest BCUT2D eigenvalue weighted by molar-refractivity contribution is 0.0888. The number of halogens is 1. The molecular formula is C17H27ClN2O. The highest BCUT2D eigenvalue weighted by molar-refractivity contribution is 6.29. The Bertz CT molecular complexity index is 494. The van der Waals surface area contributed by atoms with Gasteiger partial charge in [0.1, 0.15) is 5.15 Å². The molecule has 118 valence electrons. The van der Waals surface area contributed by atoms with Gasteiger partial charge in [-0.1, -0.05) is 53.1 Å². The second kappa shape index (κ2) is 6.78. The van der Waals surface area contributed by atoms with Gasteiger partial charge in [0, 0.05) is 22.2 Å². The standard InChI is InChI=1S/C17H27ClN2O/c1-7-17(8-2,9-3)20-15(21)12-10-13(16(4,5)6)19-14(18)11-12/h10-11H,7-9H2,1-6H3,(H,20,21). The average molecular weight is 311 g/mol. The number of nitrogens with one attached hydrogen (secondary N) is 1.